The van der Waals surface area contributed by atoms with Crippen LogP contribution in [0.2, 0.25) is 0 Å². The van der Waals surface area contributed by atoms with Gasteiger partial charge in [-0.3, -0.25) is 5.32 Å². The zero-order chi connectivity index (χ0) is 7.72. The lowest BCUT2D eigenvalue weighted by molar-refractivity contribution is 0.0203. The van der Waals surface area contributed by atoms with E-state index in [0.29, 0.717) is 0 Å². The molecule has 1 unspecified atom stereocenters. The minimum absolute atomic E-state index is 0.216. The van der Waals surface area contributed by atoms with Gasteiger partial charge in [-0.2, -0.15) is 0 Å². The Bertz CT molecular complexity index is 121. The fourth-order valence-electron chi connectivity index (χ4n) is 1.06. The van der Waals surface area contributed by atoms with E-state index in [2.05, 4.69) is 5.32 Å². The molecular weight excluding hydrogens is 136 g/mol. The van der Waals surface area contributed by atoms with Crippen LogP contribution in [-0.2, 0) is 0 Å². The first-order valence-electron chi connectivity index (χ1n) is 3.15. The van der Waals surface area contributed by atoms with E-state index < -0.39 is 24.4 Å². The summed E-state index contributed by atoms with van der Waals surface area (Å²) in [5.74, 6) is 0. The first kappa shape index (κ1) is 7.90. The molecule has 10 heavy (non-hydrogen) atoms. The van der Waals surface area contributed by atoms with Crippen molar-refractivity contribution in [3.05, 3.63) is 0 Å². The van der Waals surface area contributed by atoms with Crippen molar-refractivity contribution in [1.82, 2.24) is 5.32 Å². The Balaban J connectivity index is 2.53. The Morgan fingerprint density at radius 2 is 1.90 bits per heavy atom. The Morgan fingerprint density at radius 3 is 2.10 bits per heavy atom. The molecule has 5 heteroatoms. The first-order valence-corrected chi connectivity index (χ1v) is 3.15. The Labute approximate surface area is 58.5 Å². The van der Waals surface area contributed by atoms with Crippen molar-refractivity contribution in [3.63, 3.8) is 0 Å². The zero-order valence-corrected chi connectivity index (χ0v) is 5.44. The molecule has 0 aromatic heterocycles. The van der Waals surface area contributed by atoms with Gasteiger partial charge in [0.1, 0.15) is 12.2 Å². The molecule has 1 rings (SSSR count). The number of rotatable bonds is 1. The molecule has 0 aromatic rings. The maximum absolute atomic E-state index is 9.08. The van der Waals surface area contributed by atoms with Crippen LogP contribution in [0.3, 0.4) is 0 Å². The van der Waals surface area contributed by atoms with Crippen molar-refractivity contribution in [2.75, 3.05) is 6.61 Å². The highest BCUT2D eigenvalue weighted by Gasteiger charge is 2.38. The lowest BCUT2D eigenvalue weighted by atomic mass is 10.1. The average molecular weight is 148 g/mol. The van der Waals surface area contributed by atoms with Crippen molar-refractivity contribution in [2.24, 2.45) is 5.73 Å². The van der Waals surface area contributed by atoms with Crippen LogP contribution in [0, 0.1) is 0 Å². The maximum Gasteiger partial charge on any atom is 0.110 e. The fraction of sp³-hybridized carbons (Fsp3) is 1.00. The van der Waals surface area contributed by atoms with E-state index in [1.165, 1.54) is 0 Å². The van der Waals surface area contributed by atoms with Gasteiger partial charge in [0.25, 0.3) is 0 Å². The van der Waals surface area contributed by atoms with Crippen LogP contribution in [0.25, 0.3) is 0 Å². The summed E-state index contributed by atoms with van der Waals surface area (Å²) in [4.78, 5) is 0. The lowest BCUT2D eigenvalue weighted by Crippen LogP contribution is -2.41. The molecule has 0 radical (unpaired) electrons. The van der Waals surface area contributed by atoms with Crippen molar-refractivity contribution in [3.8, 4) is 0 Å². The van der Waals surface area contributed by atoms with Gasteiger partial charge >= 0.3 is 0 Å². The first-order chi connectivity index (χ1) is 4.66. The van der Waals surface area contributed by atoms with Gasteiger partial charge < -0.3 is 21.1 Å². The Kier molecular flexibility index (Phi) is 2.22. The minimum atomic E-state index is -0.975. The molecule has 1 aliphatic heterocycles. The van der Waals surface area contributed by atoms with Gasteiger partial charge in [0.2, 0.25) is 0 Å². The molecular formula is C5H12N2O3. The molecule has 0 aromatic carbocycles. The highest BCUT2D eigenvalue weighted by atomic mass is 16.3. The standard InChI is InChI=1S/C5H12N2O3/c6-5-4(10)3(9)2(1-8)7-5/h2-5,7-10H,1,6H2/t2-,3-,4+,5?/m1/s1. The molecule has 5 nitrogen and oxygen atoms in total. The number of hydrogen-bond donors (Lipinski definition) is 5. The van der Waals surface area contributed by atoms with E-state index in [-0.39, 0.29) is 6.61 Å². The second-order valence-corrected chi connectivity index (χ2v) is 2.46. The van der Waals surface area contributed by atoms with Crippen LogP contribution < -0.4 is 11.1 Å². The summed E-state index contributed by atoms with van der Waals surface area (Å²) in [6.07, 6.45) is -2.57. The van der Waals surface area contributed by atoms with Gasteiger partial charge in [0, 0.05) is 0 Å². The summed E-state index contributed by atoms with van der Waals surface area (Å²) < 4.78 is 0. The number of hydrogen-bond acceptors (Lipinski definition) is 5. The van der Waals surface area contributed by atoms with Crippen LogP contribution in [0.4, 0.5) is 0 Å². The second-order valence-electron chi connectivity index (χ2n) is 2.46. The quantitative estimate of drug-likeness (QED) is 0.272. The van der Waals surface area contributed by atoms with E-state index in [4.69, 9.17) is 21.1 Å². The summed E-state index contributed by atoms with van der Waals surface area (Å²) in [6, 6.07) is -0.495. The van der Waals surface area contributed by atoms with Crippen LogP contribution in [0.5, 0.6) is 0 Å². The van der Waals surface area contributed by atoms with Gasteiger partial charge in [-0.25, -0.2) is 0 Å². The smallest absolute Gasteiger partial charge is 0.110 e. The van der Waals surface area contributed by atoms with Gasteiger partial charge in [0.05, 0.1) is 18.8 Å². The molecule has 4 atom stereocenters. The van der Waals surface area contributed by atoms with Gasteiger partial charge in [-0.05, 0) is 0 Å². The van der Waals surface area contributed by atoms with Crippen molar-refractivity contribution < 1.29 is 15.3 Å². The van der Waals surface area contributed by atoms with Crippen LogP contribution in [0.15, 0.2) is 0 Å². The van der Waals surface area contributed by atoms with Crippen molar-refractivity contribution >= 4 is 0 Å². The normalized spacial score (nSPS) is 48.0. The molecule has 0 spiro atoms. The Hall–Kier alpha value is -0.200. The SMILES string of the molecule is NC1N[C@H](CO)[C@@H](O)[C@@H]1O. The molecule has 0 amide bonds. The summed E-state index contributed by atoms with van der Waals surface area (Å²) in [7, 11) is 0. The number of nitrogens with one attached hydrogen (secondary N) is 1. The van der Waals surface area contributed by atoms with E-state index in [0.717, 1.165) is 0 Å². The highest BCUT2D eigenvalue weighted by molar-refractivity contribution is 4.94. The molecule has 60 valence electrons. The lowest BCUT2D eigenvalue weighted by Gasteiger charge is -2.11. The summed E-state index contributed by atoms with van der Waals surface area (Å²) in [6.45, 7) is -0.216. The third-order valence-electron chi connectivity index (χ3n) is 1.73. The predicted octanol–water partition coefficient (Wildman–Crippen LogP) is -3.04. The topological polar surface area (TPSA) is 98.7 Å². The summed E-state index contributed by atoms with van der Waals surface area (Å²) in [5, 5.41) is 29.3. The number of aliphatic hydroxyl groups excluding tert-OH is 3. The third kappa shape index (κ3) is 1.14. The van der Waals surface area contributed by atoms with Crippen molar-refractivity contribution in [1.29, 1.82) is 0 Å². The molecule has 0 bridgehead atoms. The van der Waals surface area contributed by atoms with Gasteiger partial charge in [-0.15, -0.1) is 0 Å². The van der Waals surface area contributed by atoms with Crippen LogP contribution in [-0.4, -0.2) is 46.3 Å². The number of aliphatic hydroxyl groups is 3. The number of nitrogens with two attached hydrogens (primary N) is 1. The molecule has 1 aliphatic rings. The van der Waals surface area contributed by atoms with E-state index in [9.17, 15) is 0 Å². The maximum atomic E-state index is 9.08. The van der Waals surface area contributed by atoms with E-state index in [1.807, 2.05) is 0 Å². The summed E-state index contributed by atoms with van der Waals surface area (Å²) in [5.41, 5.74) is 5.30. The predicted molar refractivity (Wildman–Crippen MR) is 34.0 cm³/mol. The largest absolute Gasteiger partial charge is 0.395 e. The monoisotopic (exact) mass is 148 g/mol. The molecule has 1 fully saturated rings. The van der Waals surface area contributed by atoms with Crippen molar-refractivity contribution in [2.45, 2.75) is 24.4 Å². The molecule has 0 saturated carbocycles. The molecule has 1 heterocycles. The second kappa shape index (κ2) is 2.81. The van der Waals surface area contributed by atoms with Gasteiger partial charge in [0.15, 0.2) is 0 Å². The highest BCUT2D eigenvalue weighted by Crippen LogP contribution is 2.09. The average Bonchev–Trinajstić information content (AvgIpc) is 2.17. The summed E-state index contributed by atoms with van der Waals surface area (Å²) >= 11 is 0. The molecule has 6 N–H and O–H groups in total. The molecule has 0 aliphatic carbocycles. The van der Waals surface area contributed by atoms with Crippen LogP contribution >= 0.6 is 0 Å². The van der Waals surface area contributed by atoms with Crippen LogP contribution in [0.1, 0.15) is 0 Å². The fourth-order valence-corrected chi connectivity index (χ4v) is 1.06. The van der Waals surface area contributed by atoms with Gasteiger partial charge in [-0.1, -0.05) is 0 Å². The molecule has 1 saturated heterocycles. The zero-order valence-electron chi connectivity index (χ0n) is 5.44. The Morgan fingerprint density at radius 1 is 1.30 bits per heavy atom. The third-order valence-corrected chi connectivity index (χ3v) is 1.73. The minimum Gasteiger partial charge on any atom is -0.395 e. The van der Waals surface area contributed by atoms with E-state index in [1.54, 1.807) is 0 Å². The van der Waals surface area contributed by atoms with E-state index >= 15 is 0 Å².